The summed E-state index contributed by atoms with van der Waals surface area (Å²) in [5, 5.41) is 6.10. The summed E-state index contributed by atoms with van der Waals surface area (Å²) in [6, 6.07) is 17.9. The van der Waals surface area contributed by atoms with E-state index in [1.165, 1.54) is 4.21 Å². The molecule has 0 spiro atoms. The molecular formula is C22H19NO2S2. The van der Waals surface area contributed by atoms with Gasteiger partial charge in [-0.25, -0.2) is 0 Å². The van der Waals surface area contributed by atoms with Crippen LogP contribution in [0.1, 0.15) is 27.2 Å². The third-order valence-corrected chi connectivity index (χ3v) is 6.64. The zero-order chi connectivity index (χ0) is 18.8. The summed E-state index contributed by atoms with van der Waals surface area (Å²) in [7, 11) is 0. The van der Waals surface area contributed by atoms with Gasteiger partial charge in [0.15, 0.2) is 5.76 Å². The number of rotatable bonds is 5. The molecular weight excluding hydrogens is 374 g/mol. The van der Waals surface area contributed by atoms with E-state index in [0.29, 0.717) is 11.5 Å². The Hall–Kier alpha value is -2.50. The van der Waals surface area contributed by atoms with Crippen LogP contribution in [-0.4, -0.2) is 5.91 Å². The fourth-order valence-corrected chi connectivity index (χ4v) is 4.91. The Bertz CT molecular complexity index is 1080. The SMILES string of the molecule is Cc1cccc(C)c1NC(=O)c1oc2ccccc2c1CSc1cccs1. The van der Waals surface area contributed by atoms with Crippen molar-refractivity contribution in [1.29, 1.82) is 0 Å². The summed E-state index contributed by atoms with van der Waals surface area (Å²) in [5.41, 5.74) is 4.60. The molecule has 5 heteroatoms. The lowest BCUT2D eigenvalue weighted by molar-refractivity contribution is 0.0997. The molecule has 0 radical (unpaired) electrons. The highest BCUT2D eigenvalue weighted by atomic mass is 32.2. The van der Waals surface area contributed by atoms with E-state index in [1.807, 2.05) is 62.4 Å². The number of aryl methyl sites for hydroxylation is 2. The lowest BCUT2D eigenvalue weighted by Crippen LogP contribution is -2.14. The average molecular weight is 394 g/mol. The zero-order valence-corrected chi connectivity index (χ0v) is 16.7. The minimum absolute atomic E-state index is 0.203. The number of thioether (sulfide) groups is 1. The van der Waals surface area contributed by atoms with Crippen LogP contribution in [0.4, 0.5) is 5.69 Å². The minimum Gasteiger partial charge on any atom is -0.451 e. The van der Waals surface area contributed by atoms with E-state index in [-0.39, 0.29) is 5.91 Å². The van der Waals surface area contributed by atoms with E-state index in [0.717, 1.165) is 33.3 Å². The second-order valence-corrected chi connectivity index (χ2v) is 8.57. The van der Waals surface area contributed by atoms with Gasteiger partial charge < -0.3 is 9.73 Å². The van der Waals surface area contributed by atoms with Gasteiger partial charge in [0.25, 0.3) is 5.91 Å². The smallest absolute Gasteiger partial charge is 0.291 e. The average Bonchev–Trinajstić information content (AvgIpc) is 3.30. The van der Waals surface area contributed by atoms with Gasteiger partial charge in [0.1, 0.15) is 5.58 Å². The first kappa shape index (κ1) is 17.9. The zero-order valence-electron chi connectivity index (χ0n) is 15.1. The number of amides is 1. The van der Waals surface area contributed by atoms with Crippen molar-refractivity contribution in [1.82, 2.24) is 0 Å². The molecule has 0 fully saturated rings. The van der Waals surface area contributed by atoms with Gasteiger partial charge >= 0.3 is 0 Å². The lowest BCUT2D eigenvalue weighted by atomic mass is 10.1. The van der Waals surface area contributed by atoms with Crippen LogP contribution in [0.2, 0.25) is 0 Å². The first-order chi connectivity index (χ1) is 13.1. The van der Waals surface area contributed by atoms with Crippen LogP contribution in [0.3, 0.4) is 0 Å². The second kappa shape index (κ2) is 7.62. The molecule has 0 saturated heterocycles. The van der Waals surface area contributed by atoms with Crippen molar-refractivity contribution in [2.24, 2.45) is 0 Å². The molecule has 2 aromatic carbocycles. The van der Waals surface area contributed by atoms with Crippen molar-refractivity contribution in [2.45, 2.75) is 23.8 Å². The Morgan fingerprint density at radius 1 is 1.04 bits per heavy atom. The minimum atomic E-state index is -0.203. The largest absolute Gasteiger partial charge is 0.451 e. The van der Waals surface area contributed by atoms with Gasteiger partial charge in [0.2, 0.25) is 0 Å². The molecule has 4 aromatic rings. The monoisotopic (exact) mass is 393 g/mol. The summed E-state index contributed by atoms with van der Waals surface area (Å²) in [6.07, 6.45) is 0. The highest BCUT2D eigenvalue weighted by Crippen LogP contribution is 2.34. The fraction of sp³-hybridized carbons (Fsp3) is 0.136. The van der Waals surface area contributed by atoms with Crippen molar-refractivity contribution in [2.75, 3.05) is 5.32 Å². The van der Waals surface area contributed by atoms with E-state index >= 15 is 0 Å². The Labute approximate surface area is 166 Å². The molecule has 3 nitrogen and oxygen atoms in total. The van der Waals surface area contributed by atoms with Gasteiger partial charge in [-0.3, -0.25) is 4.79 Å². The van der Waals surface area contributed by atoms with Crippen LogP contribution >= 0.6 is 23.1 Å². The highest BCUT2D eigenvalue weighted by Gasteiger charge is 2.21. The molecule has 0 saturated carbocycles. The summed E-state index contributed by atoms with van der Waals surface area (Å²) in [6.45, 7) is 3.99. The van der Waals surface area contributed by atoms with E-state index in [1.54, 1.807) is 23.1 Å². The Kier molecular flexibility index (Phi) is 5.05. The number of para-hydroxylation sites is 2. The number of nitrogens with one attached hydrogen (secondary N) is 1. The van der Waals surface area contributed by atoms with Crippen molar-refractivity contribution in [3.8, 4) is 0 Å². The number of fused-ring (bicyclic) bond motifs is 1. The van der Waals surface area contributed by atoms with Crippen molar-refractivity contribution < 1.29 is 9.21 Å². The van der Waals surface area contributed by atoms with E-state index in [9.17, 15) is 4.79 Å². The van der Waals surface area contributed by atoms with Gasteiger partial charge in [-0.1, -0.05) is 42.5 Å². The van der Waals surface area contributed by atoms with Crippen LogP contribution in [0.25, 0.3) is 11.0 Å². The van der Waals surface area contributed by atoms with Gasteiger partial charge in [-0.05, 0) is 42.5 Å². The van der Waals surface area contributed by atoms with Crippen LogP contribution in [-0.2, 0) is 5.75 Å². The molecule has 0 aliphatic heterocycles. The number of carbonyl (C=O) groups excluding carboxylic acids is 1. The maximum Gasteiger partial charge on any atom is 0.291 e. The number of carbonyl (C=O) groups is 1. The molecule has 136 valence electrons. The number of furan rings is 1. The second-order valence-electron chi connectivity index (χ2n) is 6.35. The molecule has 1 N–H and O–H groups in total. The number of thiophene rings is 1. The third-order valence-electron chi connectivity index (χ3n) is 4.48. The summed E-state index contributed by atoms with van der Waals surface area (Å²) >= 11 is 3.43. The summed E-state index contributed by atoms with van der Waals surface area (Å²) in [5.74, 6) is 0.876. The van der Waals surface area contributed by atoms with E-state index in [2.05, 4.69) is 16.8 Å². The highest BCUT2D eigenvalue weighted by molar-refractivity contribution is 8.00. The molecule has 0 unspecified atom stereocenters. The van der Waals surface area contributed by atoms with Crippen LogP contribution in [0.5, 0.6) is 0 Å². The summed E-state index contributed by atoms with van der Waals surface area (Å²) in [4.78, 5) is 13.1. The number of benzene rings is 2. The van der Waals surface area contributed by atoms with Crippen molar-refractivity contribution in [3.63, 3.8) is 0 Å². The Balaban J connectivity index is 1.69. The number of anilines is 1. The fourth-order valence-electron chi connectivity index (χ4n) is 3.10. The van der Waals surface area contributed by atoms with Crippen LogP contribution in [0, 0.1) is 13.8 Å². The first-order valence-corrected chi connectivity index (χ1v) is 10.5. The van der Waals surface area contributed by atoms with Gasteiger partial charge in [-0.15, -0.1) is 23.1 Å². The maximum atomic E-state index is 13.1. The van der Waals surface area contributed by atoms with Gasteiger partial charge in [0, 0.05) is 22.4 Å². The Morgan fingerprint density at radius 3 is 2.56 bits per heavy atom. The standard InChI is InChI=1S/C22H19NO2S2/c1-14-7-5-8-15(2)20(14)23-22(24)21-17(13-27-19-11-6-12-26-19)16-9-3-4-10-18(16)25-21/h3-12H,13H2,1-2H3,(H,23,24). The topological polar surface area (TPSA) is 42.2 Å². The lowest BCUT2D eigenvalue weighted by Gasteiger charge is -2.11. The van der Waals surface area contributed by atoms with Crippen LogP contribution < -0.4 is 5.32 Å². The molecule has 0 aliphatic rings. The number of hydrogen-bond acceptors (Lipinski definition) is 4. The molecule has 27 heavy (non-hydrogen) atoms. The van der Waals surface area contributed by atoms with Crippen LogP contribution in [0.15, 0.2) is 68.6 Å². The molecule has 2 heterocycles. The van der Waals surface area contributed by atoms with Crippen molar-refractivity contribution >= 4 is 45.7 Å². The van der Waals surface area contributed by atoms with E-state index < -0.39 is 0 Å². The quantitative estimate of drug-likeness (QED) is 0.386. The molecule has 2 aromatic heterocycles. The maximum absolute atomic E-state index is 13.1. The summed E-state index contributed by atoms with van der Waals surface area (Å²) < 4.78 is 7.18. The Morgan fingerprint density at radius 2 is 1.81 bits per heavy atom. The van der Waals surface area contributed by atoms with Gasteiger partial charge in [-0.2, -0.15) is 0 Å². The predicted molar refractivity (Wildman–Crippen MR) is 114 cm³/mol. The normalized spacial score (nSPS) is 11.0. The first-order valence-electron chi connectivity index (χ1n) is 8.68. The molecule has 0 bridgehead atoms. The van der Waals surface area contributed by atoms with Crippen molar-refractivity contribution in [3.05, 3.63) is 82.4 Å². The van der Waals surface area contributed by atoms with E-state index in [4.69, 9.17) is 4.42 Å². The molecule has 0 atom stereocenters. The molecule has 0 aliphatic carbocycles. The third kappa shape index (κ3) is 3.66. The number of hydrogen-bond donors (Lipinski definition) is 1. The van der Waals surface area contributed by atoms with Gasteiger partial charge in [0.05, 0.1) is 4.21 Å². The molecule has 1 amide bonds. The predicted octanol–water partition coefficient (Wildman–Crippen LogP) is 6.66. The molecule has 4 rings (SSSR count).